The van der Waals surface area contributed by atoms with Gasteiger partial charge in [0, 0.05) is 6.92 Å². The number of ether oxygens (including phenoxy) is 2. The monoisotopic (exact) mass is 279 g/mol. The minimum atomic E-state index is -0.803. The largest absolute Gasteiger partial charge is 0.491 e. The first-order valence-corrected chi connectivity index (χ1v) is 6.51. The van der Waals surface area contributed by atoms with E-state index < -0.39 is 12.0 Å². The first-order chi connectivity index (χ1) is 9.43. The highest BCUT2D eigenvalue weighted by molar-refractivity contribution is 5.83. The summed E-state index contributed by atoms with van der Waals surface area (Å²) in [4.78, 5) is 22.5. The molecule has 20 heavy (non-hydrogen) atoms. The number of hydrogen-bond acceptors (Lipinski definition) is 4. The minimum absolute atomic E-state index is 0.0350. The molecule has 1 aromatic carbocycles. The van der Waals surface area contributed by atoms with E-state index in [4.69, 9.17) is 4.74 Å². The lowest BCUT2D eigenvalue weighted by Crippen LogP contribution is -2.44. The lowest BCUT2D eigenvalue weighted by atomic mass is 10.0. The van der Waals surface area contributed by atoms with E-state index in [-0.39, 0.29) is 12.5 Å². The van der Waals surface area contributed by atoms with Crippen LogP contribution in [0.15, 0.2) is 24.3 Å². The molecule has 5 heteroatoms. The van der Waals surface area contributed by atoms with Crippen molar-refractivity contribution in [1.82, 2.24) is 5.32 Å². The standard InChI is InChI=1S/C15H21NO4/c1-10(2)12-5-7-13(8-6-12)20-9-14(15(18)19-4)16-11(3)17/h5-8,10,14H,9H2,1-4H3,(H,16,17). The van der Waals surface area contributed by atoms with Gasteiger partial charge in [-0.1, -0.05) is 26.0 Å². The Hall–Kier alpha value is -2.04. The summed E-state index contributed by atoms with van der Waals surface area (Å²) >= 11 is 0. The van der Waals surface area contributed by atoms with Gasteiger partial charge in [0.15, 0.2) is 6.04 Å². The molecule has 0 aliphatic carbocycles. The van der Waals surface area contributed by atoms with Crippen molar-refractivity contribution in [2.45, 2.75) is 32.7 Å². The van der Waals surface area contributed by atoms with Crippen molar-refractivity contribution < 1.29 is 19.1 Å². The molecule has 0 radical (unpaired) electrons. The molecule has 110 valence electrons. The van der Waals surface area contributed by atoms with Crippen molar-refractivity contribution in [3.63, 3.8) is 0 Å². The molecule has 1 unspecified atom stereocenters. The zero-order valence-corrected chi connectivity index (χ0v) is 12.3. The zero-order valence-electron chi connectivity index (χ0n) is 12.3. The number of benzene rings is 1. The number of carbonyl (C=O) groups is 2. The van der Waals surface area contributed by atoms with E-state index in [1.54, 1.807) is 0 Å². The lowest BCUT2D eigenvalue weighted by molar-refractivity contribution is -0.145. The lowest BCUT2D eigenvalue weighted by Gasteiger charge is -2.16. The molecular formula is C15H21NO4. The third kappa shape index (κ3) is 4.91. The average molecular weight is 279 g/mol. The van der Waals surface area contributed by atoms with Crippen molar-refractivity contribution in [1.29, 1.82) is 0 Å². The van der Waals surface area contributed by atoms with E-state index >= 15 is 0 Å². The summed E-state index contributed by atoms with van der Waals surface area (Å²) < 4.78 is 10.1. The molecule has 0 spiro atoms. The van der Waals surface area contributed by atoms with Crippen LogP contribution in [0.3, 0.4) is 0 Å². The number of esters is 1. The Balaban J connectivity index is 2.62. The van der Waals surface area contributed by atoms with E-state index in [1.165, 1.54) is 19.6 Å². The van der Waals surface area contributed by atoms with Crippen LogP contribution in [0.1, 0.15) is 32.3 Å². The molecule has 0 heterocycles. The second-order valence-electron chi connectivity index (χ2n) is 4.81. The van der Waals surface area contributed by atoms with Crippen molar-refractivity contribution >= 4 is 11.9 Å². The molecule has 1 atom stereocenters. The summed E-state index contributed by atoms with van der Waals surface area (Å²) in [6.07, 6.45) is 0. The Labute approximate surface area is 119 Å². The first-order valence-electron chi connectivity index (χ1n) is 6.51. The highest BCUT2D eigenvalue weighted by Gasteiger charge is 2.20. The molecule has 0 aliphatic heterocycles. The van der Waals surface area contributed by atoms with Gasteiger partial charge in [-0.05, 0) is 23.6 Å². The molecule has 0 bridgehead atoms. The fourth-order valence-corrected chi connectivity index (χ4v) is 1.68. The van der Waals surface area contributed by atoms with E-state index in [0.29, 0.717) is 11.7 Å². The quantitative estimate of drug-likeness (QED) is 0.807. The van der Waals surface area contributed by atoms with Crippen LogP contribution < -0.4 is 10.1 Å². The van der Waals surface area contributed by atoms with Crippen molar-refractivity contribution in [2.75, 3.05) is 13.7 Å². The summed E-state index contributed by atoms with van der Waals surface area (Å²) in [5.74, 6) is 0.262. The summed E-state index contributed by atoms with van der Waals surface area (Å²) in [6, 6.07) is 6.84. The van der Waals surface area contributed by atoms with Crippen LogP contribution in [0.4, 0.5) is 0 Å². The van der Waals surface area contributed by atoms with Gasteiger partial charge in [0.05, 0.1) is 7.11 Å². The number of amides is 1. The van der Waals surface area contributed by atoms with Crippen LogP contribution in [0.5, 0.6) is 5.75 Å². The Bertz CT molecular complexity index is 453. The average Bonchev–Trinajstić information content (AvgIpc) is 2.42. The van der Waals surface area contributed by atoms with Crippen LogP contribution in [0.25, 0.3) is 0 Å². The second-order valence-corrected chi connectivity index (χ2v) is 4.81. The SMILES string of the molecule is COC(=O)C(COc1ccc(C(C)C)cc1)NC(C)=O. The van der Waals surface area contributed by atoms with Gasteiger partial charge in [0.2, 0.25) is 5.91 Å². The highest BCUT2D eigenvalue weighted by Crippen LogP contribution is 2.18. The molecule has 0 aromatic heterocycles. The van der Waals surface area contributed by atoms with Crippen LogP contribution in [-0.2, 0) is 14.3 Å². The Morgan fingerprint density at radius 3 is 2.25 bits per heavy atom. The summed E-state index contributed by atoms with van der Waals surface area (Å²) in [5, 5.41) is 2.49. The van der Waals surface area contributed by atoms with Gasteiger partial charge < -0.3 is 14.8 Å². The fraction of sp³-hybridized carbons (Fsp3) is 0.467. The van der Waals surface area contributed by atoms with Crippen molar-refractivity contribution in [3.05, 3.63) is 29.8 Å². The van der Waals surface area contributed by atoms with E-state index in [2.05, 4.69) is 23.9 Å². The molecule has 5 nitrogen and oxygen atoms in total. The van der Waals surface area contributed by atoms with Crippen molar-refractivity contribution in [2.24, 2.45) is 0 Å². The molecule has 0 saturated heterocycles. The summed E-state index contributed by atoms with van der Waals surface area (Å²) in [7, 11) is 1.27. The minimum Gasteiger partial charge on any atom is -0.491 e. The zero-order chi connectivity index (χ0) is 15.1. The number of nitrogens with one attached hydrogen (secondary N) is 1. The molecule has 1 N–H and O–H groups in total. The topological polar surface area (TPSA) is 64.6 Å². The normalized spacial score (nSPS) is 11.8. The third-order valence-corrected chi connectivity index (χ3v) is 2.83. The van der Waals surface area contributed by atoms with E-state index in [1.807, 2.05) is 24.3 Å². The van der Waals surface area contributed by atoms with Crippen molar-refractivity contribution in [3.8, 4) is 5.75 Å². The molecule has 1 amide bonds. The first kappa shape index (κ1) is 16.0. The van der Waals surface area contributed by atoms with Gasteiger partial charge >= 0.3 is 5.97 Å². The molecule has 1 rings (SSSR count). The summed E-state index contributed by atoms with van der Waals surface area (Å²) in [5.41, 5.74) is 1.21. The summed E-state index contributed by atoms with van der Waals surface area (Å²) in [6.45, 7) is 5.60. The number of carbonyl (C=O) groups excluding carboxylic acids is 2. The highest BCUT2D eigenvalue weighted by atomic mass is 16.5. The van der Waals surface area contributed by atoms with E-state index in [0.717, 1.165) is 0 Å². The van der Waals surface area contributed by atoms with Gasteiger partial charge in [-0.2, -0.15) is 0 Å². The molecule has 0 fully saturated rings. The fourth-order valence-electron chi connectivity index (χ4n) is 1.68. The molecular weight excluding hydrogens is 258 g/mol. The second kappa shape index (κ2) is 7.53. The Morgan fingerprint density at radius 2 is 1.80 bits per heavy atom. The van der Waals surface area contributed by atoms with Crippen LogP contribution in [0, 0.1) is 0 Å². The molecule has 0 saturated carbocycles. The molecule has 1 aromatic rings. The van der Waals surface area contributed by atoms with Gasteiger partial charge in [-0.25, -0.2) is 4.79 Å². The van der Waals surface area contributed by atoms with Gasteiger partial charge in [0.1, 0.15) is 12.4 Å². The molecule has 0 aliphatic rings. The number of hydrogen-bond donors (Lipinski definition) is 1. The number of methoxy groups -OCH3 is 1. The predicted molar refractivity (Wildman–Crippen MR) is 75.6 cm³/mol. The van der Waals surface area contributed by atoms with E-state index in [9.17, 15) is 9.59 Å². The maximum atomic E-state index is 11.5. The maximum Gasteiger partial charge on any atom is 0.331 e. The van der Waals surface area contributed by atoms with Gasteiger partial charge in [-0.15, -0.1) is 0 Å². The Morgan fingerprint density at radius 1 is 1.20 bits per heavy atom. The maximum absolute atomic E-state index is 11.5. The predicted octanol–water partition coefficient (Wildman–Crippen LogP) is 1.87. The smallest absolute Gasteiger partial charge is 0.331 e. The third-order valence-electron chi connectivity index (χ3n) is 2.83. The van der Waals surface area contributed by atoms with Crippen LogP contribution in [-0.4, -0.2) is 31.6 Å². The number of rotatable bonds is 6. The van der Waals surface area contributed by atoms with Crippen LogP contribution >= 0.6 is 0 Å². The Kier molecular flexibility index (Phi) is 6.03. The van der Waals surface area contributed by atoms with Gasteiger partial charge in [0.25, 0.3) is 0 Å². The van der Waals surface area contributed by atoms with Gasteiger partial charge in [-0.3, -0.25) is 4.79 Å². The van der Waals surface area contributed by atoms with Crippen LogP contribution in [0.2, 0.25) is 0 Å².